The molecule has 0 saturated carbocycles. The first-order valence-electron chi connectivity index (χ1n) is 7.20. The Labute approximate surface area is 125 Å². The van der Waals surface area contributed by atoms with Gasteiger partial charge in [-0.05, 0) is 37.1 Å². The number of carbonyl (C=O) groups is 2. The molecule has 1 aromatic carbocycles. The Morgan fingerprint density at radius 2 is 2.14 bits per heavy atom. The molecule has 0 bridgehead atoms. The lowest BCUT2D eigenvalue weighted by Crippen LogP contribution is -2.42. The van der Waals surface area contributed by atoms with E-state index in [4.69, 9.17) is 4.74 Å². The number of methoxy groups -OCH3 is 1. The van der Waals surface area contributed by atoms with Crippen molar-refractivity contribution in [3.63, 3.8) is 0 Å². The van der Waals surface area contributed by atoms with E-state index in [0.717, 1.165) is 13.0 Å². The highest BCUT2D eigenvalue weighted by Crippen LogP contribution is 2.35. The lowest BCUT2D eigenvalue weighted by Gasteiger charge is -2.31. The van der Waals surface area contributed by atoms with E-state index >= 15 is 0 Å². The van der Waals surface area contributed by atoms with Gasteiger partial charge in [0.15, 0.2) is 0 Å². The average molecular weight is 290 g/mol. The quantitative estimate of drug-likeness (QED) is 0.833. The maximum absolute atomic E-state index is 12.7. The Morgan fingerprint density at radius 3 is 2.71 bits per heavy atom. The predicted molar refractivity (Wildman–Crippen MR) is 81.2 cm³/mol. The SMILES string of the molecule is COC(=O)c1cccc(NC(=O)C2(C(C)C)CCNC2)c1. The molecule has 0 spiro atoms. The van der Waals surface area contributed by atoms with Gasteiger partial charge in [-0.25, -0.2) is 4.79 Å². The van der Waals surface area contributed by atoms with Gasteiger partial charge >= 0.3 is 5.97 Å². The lowest BCUT2D eigenvalue weighted by atomic mass is 9.75. The van der Waals surface area contributed by atoms with Crippen LogP contribution in [0.5, 0.6) is 0 Å². The molecule has 114 valence electrons. The van der Waals surface area contributed by atoms with Crippen molar-refractivity contribution in [2.45, 2.75) is 20.3 Å². The topological polar surface area (TPSA) is 67.4 Å². The highest BCUT2D eigenvalue weighted by atomic mass is 16.5. The van der Waals surface area contributed by atoms with Crippen molar-refractivity contribution in [1.82, 2.24) is 5.32 Å². The van der Waals surface area contributed by atoms with Crippen molar-refractivity contribution in [2.24, 2.45) is 11.3 Å². The van der Waals surface area contributed by atoms with Gasteiger partial charge in [-0.2, -0.15) is 0 Å². The zero-order valence-corrected chi connectivity index (χ0v) is 12.7. The van der Waals surface area contributed by atoms with Crippen LogP contribution in [0.25, 0.3) is 0 Å². The van der Waals surface area contributed by atoms with Gasteiger partial charge in [0.25, 0.3) is 0 Å². The molecule has 5 nitrogen and oxygen atoms in total. The average Bonchev–Trinajstić information content (AvgIpc) is 2.97. The van der Waals surface area contributed by atoms with Crippen LogP contribution in [0.3, 0.4) is 0 Å². The second-order valence-electron chi connectivity index (χ2n) is 5.76. The molecule has 1 aliphatic heterocycles. The molecule has 5 heteroatoms. The van der Waals surface area contributed by atoms with Gasteiger partial charge in [0.2, 0.25) is 5.91 Å². The van der Waals surface area contributed by atoms with Gasteiger partial charge < -0.3 is 15.4 Å². The summed E-state index contributed by atoms with van der Waals surface area (Å²) in [6, 6.07) is 6.81. The van der Waals surface area contributed by atoms with Crippen molar-refractivity contribution < 1.29 is 14.3 Å². The highest BCUT2D eigenvalue weighted by molar-refractivity contribution is 5.97. The first-order valence-corrected chi connectivity index (χ1v) is 7.20. The second kappa shape index (κ2) is 6.26. The third kappa shape index (κ3) is 3.08. The number of amides is 1. The van der Waals surface area contributed by atoms with E-state index in [1.165, 1.54) is 7.11 Å². The predicted octanol–water partition coefficient (Wildman–Crippen LogP) is 2.05. The van der Waals surface area contributed by atoms with Gasteiger partial charge in [-0.3, -0.25) is 4.79 Å². The minimum absolute atomic E-state index is 0.00418. The van der Waals surface area contributed by atoms with E-state index in [1.807, 2.05) is 0 Å². The molecule has 2 N–H and O–H groups in total. The monoisotopic (exact) mass is 290 g/mol. The minimum atomic E-state index is -0.410. The van der Waals surface area contributed by atoms with Crippen molar-refractivity contribution in [3.8, 4) is 0 Å². The van der Waals surface area contributed by atoms with Gasteiger partial charge in [0.05, 0.1) is 18.1 Å². The highest BCUT2D eigenvalue weighted by Gasteiger charge is 2.43. The van der Waals surface area contributed by atoms with E-state index in [1.54, 1.807) is 24.3 Å². The maximum Gasteiger partial charge on any atom is 0.337 e. The smallest absolute Gasteiger partial charge is 0.337 e. The van der Waals surface area contributed by atoms with Crippen LogP contribution in [-0.2, 0) is 9.53 Å². The first-order chi connectivity index (χ1) is 9.99. The molecule has 1 aromatic rings. The number of hydrogen-bond donors (Lipinski definition) is 2. The van der Waals surface area contributed by atoms with Crippen LogP contribution in [0.4, 0.5) is 5.69 Å². The number of anilines is 1. The van der Waals surface area contributed by atoms with Crippen LogP contribution in [-0.4, -0.2) is 32.1 Å². The fraction of sp³-hybridized carbons (Fsp3) is 0.500. The molecule has 1 fully saturated rings. The van der Waals surface area contributed by atoms with Crippen LogP contribution in [0, 0.1) is 11.3 Å². The number of hydrogen-bond acceptors (Lipinski definition) is 4. The van der Waals surface area contributed by atoms with Crippen molar-refractivity contribution in [2.75, 3.05) is 25.5 Å². The molecule has 2 rings (SSSR count). The summed E-state index contributed by atoms with van der Waals surface area (Å²) < 4.78 is 4.69. The summed E-state index contributed by atoms with van der Waals surface area (Å²) in [4.78, 5) is 24.2. The summed E-state index contributed by atoms with van der Waals surface area (Å²) >= 11 is 0. The summed E-state index contributed by atoms with van der Waals surface area (Å²) in [5, 5.41) is 6.20. The number of rotatable bonds is 4. The second-order valence-corrected chi connectivity index (χ2v) is 5.76. The third-order valence-electron chi connectivity index (χ3n) is 4.29. The Bertz CT molecular complexity index is 534. The minimum Gasteiger partial charge on any atom is -0.465 e. The van der Waals surface area contributed by atoms with E-state index in [9.17, 15) is 9.59 Å². The summed E-state index contributed by atoms with van der Waals surface area (Å²) in [5.41, 5.74) is 0.662. The van der Waals surface area contributed by atoms with E-state index < -0.39 is 5.97 Å². The Morgan fingerprint density at radius 1 is 1.38 bits per heavy atom. The molecule has 1 aliphatic rings. The largest absolute Gasteiger partial charge is 0.465 e. The first kappa shape index (κ1) is 15.5. The van der Waals surface area contributed by atoms with E-state index in [0.29, 0.717) is 17.8 Å². The summed E-state index contributed by atoms with van der Waals surface area (Å²) in [6.45, 7) is 5.68. The van der Waals surface area contributed by atoms with Gasteiger partial charge in [0.1, 0.15) is 0 Å². The summed E-state index contributed by atoms with van der Waals surface area (Å²) in [5.74, 6) is -0.159. The van der Waals surface area contributed by atoms with Crippen LogP contribution in [0.1, 0.15) is 30.6 Å². The molecule has 1 heterocycles. The Balaban J connectivity index is 2.17. The summed E-state index contributed by atoms with van der Waals surface area (Å²) in [6.07, 6.45) is 0.827. The van der Waals surface area contributed by atoms with Crippen LogP contribution >= 0.6 is 0 Å². The summed E-state index contributed by atoms with van der Waals surface area (Å²) in [7, 11) is 1.34. The molecule has 1 unspecified atom stereocenters. The zero-order valence-electron chi connectivity index (χ0n) is 12.7. The van der Waals surface area contributed by atoms with Crippen LogP contribution in [0.15, 0.2) is 24.3 Å². The molecule has 0 aliphatic carbocycles. The van der Waals surface area contributed by atoms with Crippen molar-refractivity contribution in [3.05, 3.63) is 29.8 Å². The molecule has 21 heavy (non-hydrogen) atoms. The zero-order chi connectivity index (χ0) is 15.5. The lowest BCUT2D eigenvalue weighted by molar-refractivity contribution is -0.126. The number of carbonyl (C=O) groups excluding carboxylic acids is 2. The van der Waals surface area contributed by atoms with E-state index in [-0.39, 0.29) is 17.2 Å². The van der Waals surface area contributed by atoms with Crippen molar-refractivity contribution in [1.29, 1.82) is 0 Å². The van der Waals surface area contributed by atoms with E-state index in [2.05, 4.69) is 24.5 Å². The fourth-order valence-electron chi connectivity index (χ4n) is 2.76. The molecule has 1 saturated heterocycles. The van der Waals surface area contributed by atoms with Crippen LogP contribution < -0.4 is 10.6 Å². The number of esters is 1. The van der Waals surface area contributed by atoms with Crippen molar-refractivity contribution >= 4 is 17.6 Å². The maximum atomic E-state index is 12.7. The molecule has 0 radical (unpaired) electrons. The number of nitrogens with one attached hydrogen (secondary N) is 2. The molecule has 1 amide bonds. The number of ether oxygens (including phenoxy) is 1. The molecule has 1 atom stereocenters. The van der Waals surface area contributed by atoms with Crippen LogP contribution in [0.2, 0.25) is 0 Å². The molecular weight excluding hydrogens is 268 g/mol. The Hall–Kier alpha value is -1.88. The van der Waals surface area contributed by atoms with Gasteiger partial charge in [0, 0.05) is 12.2 Å². The molecular formula is C16H22N2O3. The normalized spacial score (nSPS) is 21.3. The van der Waals surface area contributed by atoms with Gasteiger partial charge in [-0.1, -0.05) is 19.9 Å². The van der Waals surface area contributed by atoms with Gasteiger partial charge in [-0.15, -0.1) is 0 Å². The fourth-order valence-corrected chi connectivity index (χ4v) is 2.76. The Kier molecular flexibility index (Phi) is 4.63. The third-order valence-corrected chi connectivity index (χ3v) is 4.29. The standard InChI is InChI=1S/C16H22N2O3/c1-11(2)16(7-8-17-10-16)15(20)18-13-6-4-5-12(9-13)14(19)21-3/h4-6,9,11,17H,7-8,10H2,1-3H3,(H,18,20). The number of benzene rings is 1. The molecule has 0 aromatic heterocycles.